The highest BCUT2D eigenvalue weighted by atomic mass is 16.6. The summed E-state index contributed by atoms with van der Waals surface area (Å²) in [6.45, 7) is 8.10. The molecular formula is C23H35NO7. The minimum absolute atomic E-state index is 0.00631. The maximum absolute atomic E-state index is 12.7. The average Bonchev–Trinajstić information content (AvgIpc) is 3.57. The molecule has 4 rings (SSSR count). The first-order chi connectivity index (χ1) is 14.7. The van der Waals surface area contributed by atoms with E-state index in [1.54, 1.807) is 12.0 Å². The van der Waals surface area contributed by atoms with Crippen LogP contribution in [0.1, 0.15) is 52.9 Å². The van der Waals surface area contributed by atoms with E-state index in [0.29, 0.717) is 32.5 Å². The van der Waals surface area contributed by atoms with Crippen molar-refractivity contribution < 1.29 is 33.6 Å². The molecule has 1 saturated carbocycles. The van der Waals surface area contributed by atoms with Crippen molar-refractivity contribution in [2.24, 2.45) is 11.8 Å². The number of rotatable bonds is 8. The molecule has 8 nitrogen and oxygen atoms in total. The van der Waals surface area contributed by atoms with Crippen molar-refractivity contribution >= 4 is 12.1 Å². The molecule has 6 atom stereocenters. The van der Waals surface area contributed by atoms with Gasteiger partial charge in [-0.2, -0.15) is 0 Å². The summed E-state index contributed by atoms with van der Waals surface area (Å²) in [4.78, 5) is 25.1. The van der Waals surface area contributed by atoms with Gasteiger partial charge in [0.05, 0.1) is 18.6 Å². The molecule has 0 aromatic rings. The van der Waals surface area contributed by atoms with Gasteiger partial charge in [-0.15, -0.1) is 0 Å². The number of epoxide rings is 2. The summed E-state index contributed by atoms with van der Waals surface area (Å²) in [5, 5.41) is 8.81. The van der Waals surface area contributed by atoms with Gasteiger partial charge in [-0.1, -0.05) is 11.6 Å². The molecule has 31 heavy (non-hydrogen) atoms. The lowest BCUT2D eigenvalue weighted by molar-refractivity contribution is -0.137. The highest BCUT2D eigenvalue weighted by molar-refractivity contribution is 5.69. The number of amides is 1. The normalized spacial score (nSPS) is 39.0. The Labute approximate surface area is 183 Å². The lowest BCUT2D eigenvalue weighted by atomic mass is 9.68. The maximum Gasteiger partial charge on any atom is 0.410 e. The van der Waals surface area contributed by atoms with Gasteiger partial charge in [0.25, 0.3) is 0 Å². The molecule has 0 radical (unpaired) electrons. The van der Waals surface area contributed by atoms with Crippen LogP contribution in [0.25, 0.3) is 0 Å². The average molecular weight is 438 g/mol. The Morgan fingerprint density at radius 3 is 2.58 bits per heavy atom. The molecular weight excluding hydrogens is 402 g/mol. The van der Waals surface area contributed by atoms with Crippen molar-refractivity contribution in [1.82, 2.24) is 4.90 Å². The van der Waals surface area contributed by atoms with Crippen LogP contribution in [0.2, 0.25) is 0 Å². The molecule has 4 aliphatic rings. The monoisotopic (exact) mass is 437 g/mol. The third kappa shape index (κ3) is 4.47. The van der Waals surface area contributed by atoms with E-state index in [2.05, 4.69) is 26.8 Å². The minimum atomic E-state index is -0.799. The Morgan fingerprint density at radius 2 is 2.00 bits per heavy atom. The van der Waals surface area contributed by atoms with Crippen molar-refractivity contribution in [3.05, 3.63) is 11.6 Å². The Morgan fingerprint density at radius 1 is 1.29 bits per heavy atom. The van der Waals surface area contributed by atoms with Crippen molar-refractivity contribution in [2.45, 2.75) is 82.4 Å². The number of carbonyl (C=O) groups is 2. The number of nitrogens with zero attached hydrogens (tertiary/aromatic N) is 1. The lowest BCUT2D eigenvalue weighted by Gasteiger charge is -2.44. The summed E-state index contributed by atoms with van der Waals surface area (Å²) in [5.74, 6) is -0.558. The SMILES string of the molecule is CO[C@@H]1[C@H](OC(=O)N2CC(CCC(=O)O)C2)CC[C@]2(CO2)[C@H]1[C@@]1(C)OC1CC=C(C)C. The largest absolute Gasteiger partial charge is 0.481 e. The van der Waals surface area contributed by atoms with Crippen molar-refractivity contribution in [2.75, 3.05) is 26.8 Å². The van der Waals surface area contributed by atoms with Crippen LogP contribution in [0.3, 0.4) is 0 Å². The summed E-state index contributed by atoms with van der Waals surface area (Å²) < 4.78 is 24.0. The number of methoxy groups -OCH3 is 1. The number of carboxylic acid groups (broad SMARTS) is 1. The quantitative estimate of drug-likeness (QED) is 0.460. The van der Waals surface area contributed by atoms with Gasteiger partial charge < -0.3 is 29.0 Å². The Kier molecular flexibility index (Phi) is 6.09. The first-order valence-corrected chi connectivity index (χ1v) is 11.3. The number of hydrogen-bond acceptors (Lipinski definition) is 6. The molecule has 1 amide bonds. The number of carboxylic acids is 1. The van der Waals surface area contributed by atoms with Gasteiger partial charge in [-0.3, -0.25) is 4.79 Å². The third-order valence-electron chi connectivity index (χ3n) is 7.47. The van der Waals surface area contributed by atoms with Gasteiger partial charge in [0.1, 0.15) is 23.4 Å². The summed E-state index contributed by atoms with van der Waals surface area (Å²) in [6, 6.07) is 0. The molecule has 3 aliphatic heterocycles. The second-order valence-electron chi connectivity index (χ2n) is 10.0. The second-order valence-corrected chi connectivity index (χ2v) is 10.0. The zero-order valence-electron chi connectivity index (χ0n) is 19.0. The van der Waals surface area contributed by atoms with E-state index in [4.69, 9.17) is 24.1 Å². The fraction of sp³-hybridized carbons (Fsp3) is 0.826. The van der Waals surface area contributed by atoms with E-state index in [-0.39, 0.29) is 53.9 Å². The molecule has 0 aromatic carbocycles. The zero-order valence-corrected chi connectivity index (χ0v) is 19.0. The predicted molar refractivity (Wildman–Crippen MR) is 112 cm³/mol. The van der Waals surface area contributed by atoms with Gasteiger partial charge >= 0.3 is 12.1 Å². The molecule has 3 saturated heterocycles. The standard InChI is InChI=1S/C23H35NO7/c1-14(2)5-7-17-22(3,31-17)20-19(28-4)16(9-10-23(20)13-29-23)30-21(27)24-11-15(12-24)6-8-18(25)26/h5,15-17,19-20H,6-13H2,1-4H3,(H,25,26)/t16-,17?,19-,20-,22+,23+/m1/s1. The molecule has 0 aromatic heterocycles. The lowest BCUT2D eigenvalue weighted by Crippen LogP contribution is -2.57. The highest BCUT2D eigenvalue weighted by Gasteiger charge is 2.72. The molecule has 1 unspecified atom stereocenters. The maximum atomic E-state index is 12.7. The van der Waals surface area contributed by atoms with Gasteiger partial charge in [0.15, 0.2) is 0 Å². The Bertz CT molecular complexity index is 738. The van der Waals surface area contributed by atoms with Crippen molar-refractivity contribution in [3.63, 3.8) is 0 Å². The van der Waals surface area contributed by atoms with Crippen LogP contribution in [0, 0.1) is 11.8 Å². The second kappa shape index (κ2) is 8.37. The third-order valence-corrected chi connectivity index (χ3v) is 7.47. The number of allylic oxidation sites excluding steroid dienone is 1. The minimum Gasteiger partial charge on any atom is -0.481 e. The van der Waals surface area contributed by atoms with E-state index >= 15 is 0 Å². The van der Waals surface area contributed by atoms with Gasteiger partial charge in [0, 0.05) is 26.6 Å². The summed E-state index contributed by atoms with van der Waals surface area (Å²) in [7, 11) is 1.67. The van der Waals surface area contributed by atoms with Crippen LogP contribution in [0.4, 0.5) is 4.79 Å². The number of hydrogen-bond donors (Lipinski definition) is 1. The van der Waals surface area contributed by atoms with Gasteiger partial charge in [0.2, 0.25) is 0 Å². The number of ether oxygens (including phenoxy) is 4. The summed E-state index contributed by atoms with van der Waals surface area (Å²) in [6.07, 6.45) is 4.45. The van der Waals surface area contributed by atoms with Crippen LogP contribution >= 0.6 is 0 Å². The topological polar surface area (TPSA) is 101 Å². The van der Waals surface area contributed by atoms with Gasteiger partial charge in [-0.05, 0) is 52.4 Å². The van der Waals surface area contributed by atoms with E-state index in [1.807, 2.05) is 0 Å². The van der Waals surface area contributed by atoms with E-state index < -0.39 is 5.97 Å². The fourth-order valence-corrected chi connectivity index (χ4v) is 5.50. The first kappa shape index (κ1) is 22.6. The molecule has 4 fully saturated rings. The molecule has 1 aliphatic carbocycles. The molecule has 0 bridgehead atoms. The molecule has 8 heteroatoms. The van der Waals surface area contributed by atoms with Crippen LogP contribution in [0.15, 0.2) is 11.6 Å². The first-order valence-electron chi connectivity index (χ1n) is 11.3. The molecule has 1 spiro atoms. The predicted octanol–water partition coefficient (Wildman–Crippen LogP) is 3.00. The van der Waals surface area contributed by atoms with E-state index in [0.717, 1.165) is 12.8 Å². The summed E-state index contributed by atoms with van der Waals surface area (Å²) in [5.41, 5.74) is 0.675. The number of likely N-dealkylation sites (tertiary alicyclic amines) is 1. The Hall–Kier alpha value is -1.64. The fourth-order valence-electron chi connectivity index (χ4n) is 5.50. The van der Waals surface area contributed by atoms with Crippen molar-refractivity contribution in [1.29, 1.82) is 0 Å². The number of carbonyl (C=O) groups excluding carboxylic acids is 1. The van der Waals surface area contributed by atoms with Crippen LogP contribution in [-0.4, -0.2) is 78.4 Å². The van der Waals surface area contributed by atoms with Crippen molar-refractivity contribution in [3.8, 4) is 0 Å². The highest BCUT2D eigenvalue weighted by Crippen LogP contribution is 2.59. The van der Waals surface area contributed by atoms with Crippen LogP contribution in [0.5, 0.6) is 0 Å². The smallest absolute Gasteiger partial charge is 0.410 e. The van der Waals surface area contributed by atoms with Crippen LogP contribution in [-0.2, 0) is 23.7 Å². The Balaban J connectivity index is 1.37. The van der Waals surface area contributed by atoms with Gasteiger partial charge in [-0.25, -0.2) is 4.79 Å². The summed E-state index contributed by atoms with van der Waals surface area (Å²) >= 11 is 0. The van der Waals surface area contributed by atoms with E-state index in [1.165, 1.54) is 5.57 Å². The molecule has 174 valence electrons. The molecule has 1 N–H and O–H groups in total. The van der Waals surface area contributed by atoms with E-state index in [9.17, 15) is 9.59 Å². The van der Waals surface area contributed by atoms with Crippen LogP contribution < -0.4 is 0 Å². The zero-order chi connectivity index (χ0) is 22.4. The number of aliphatic carboxylic acids is 1. The molecule has 3 heterocycles.